The maximum atomic E-state index is 5.70. The molecule has 1 aromatic heterocycles. The lowest BCUT2D eigenvalue weighted by molar-refractivity contribution is 0.242. The van der Waals surface area contributed by atoms with Crippen LogP contribution in [0.2, 0.25) is 0 Å². The molecule has 1 unspecified atom stereocenters. The van der Waals surface area contributed by atoms with E-state index in [1.807, 2.05) is 18.2 Å². The Labute approximate surface area is 105 Å². The van der Waals surface area contributed by atoms with Crippen molar-refractivity contribution in [3.63, 3.8) is 0 Å². The van der Waals surface area contributed by atoms with Gasteiger partial charge in [0.2, 0.25) is 5.88 Å². The van der Waals surface area contributed by atoms with Gasteiger partial charge in [0.05, 0.1) is 12.3 Å². The van der Waals surface area contributed by atoms with Crippen molar-refractivity contribution in [2.24, 2.45) is 5.92 Å². The van der Waals surface area contributed by atoms with Gasteiger partial charge in [-0.15, -0.1) is 0 Å². The van der Waals surface area contributed by atoms with E-state index >= 15 is 0 Å². The van der Waals surface area contributed by atoms with Crippen LogP contribution in [0.5, 0.6) is 5.88 Å². The molecule has 0 bridgehead atoms. The van der Waals surface area contributed by atoms with Crippen LogP contribution in [0, 0.1) is 5.92 Å². The summed E-state index contributed by atoms with van der Waals surface area (Å²) < 4.78 is 5.70. The Balaban J connectivity index is 2.42. The molecule has 0 aliphatic carbocycles. The van der Waals surface area contributed by atoms with Crippen molar-refractivity contribution in [3.8, 4) is 5.88 Å². The first-order valence-electron chi connectivity index (χ1n) is 6.55. The monoisotopic (exact) mass is 236 g/mol. The summed E-state index contributed by atoms with van der Waals surface area (Å²) in [6.07, 6.45) is 2.41. The van der Waals surface area contributed by atoms with Crippen LogP contribution in [0.25, 0.3) is 0 Å². The molecule has 0 aliphatic heterocycles. The molecule has 1 heterocycles. The van der Waals surface area contributed by atoms with Crippen molar-refractivity contribution in [2.45, 2.75) is 40.2 Å². The second-order valence-electron chi connectivity index (χ2n) is 4.45. The summed E-state index contributed by atoms with van der Waals surface area (Å²) in [5.41, 5.74) is 1.03. The average molecular weight is 236 g/mol. The molecule has 0 saturated heterocycles. The number of nitrogens with zero attached hydrogens (tertiary/aromatic N) is 1. The highest BCUT2D eigenvalue weighted by molar-refractivity contribution is 5.15. The molecule has 0 saturated carbocycles. The molecule has 17 heavy (non-hydrogen) atoms. The second kappa shape index (κ2) is 8.07. The van der Waals surface area contributed by atoms with Crippen molar-refractivity contribution >= 4 is 0 Å². The molecule has 0 aromatic carbocycles. The maximum Gasteiger partial charge on any atom is 0.213 e. The van der Waals surface area contributed by atoms with Crippen molar-refractivity contribution in [1.29, 1.82) is 0 Å². The third-order valence-corrected chi connectivity index (χ3v) is 2.63. The van der Waals surface area contributed by atoms with E-state index in [1.165, 1.54) is 12.8 Å². The lowest BCUT2D eigenvalue weighted by Crippen LogP contribution is -2.14. The van der Waals surface area contributed by atoms with Crippen LogP contribution in [0.15, 0.2) is 18.2 Å². The molecule has 1 rings (SSSR count). The Morgan fingerprint density at radius 1 is 1.35 bits per heavy atom. The van der Waals surface area contributed by atoms with E-state index in [0.29, 0.717) is 5.92 Å². The van der Waals surface area contributed by atoms with Gasteiger partial charge in [0, 0.05) is 12.6 Å². The third kappa shape index (κ3) is 5.68. The number of rotatable bonds is 8. The standard InChI is InChI=1S/C14H24N2O/c1-4-7-12(3)11-17-14-9-6-8-13(16-14)10-15-5-2/h6,8-9,12,15H,4-5,7,10-11H2,1-3H3. The topological polar surface area (TPSA) is 34.1 Å². The van der Waals surface area contributed by atoms with Gasteiger partial charge in [-0.1, -0.05) is 33.3 Å². The van der Waals surface area contributed by atoms with Gasteiger partial charge in [-0.05, 0) is 24.9 Å². The lowest BCUT2D eigenvalue weighted by Gasteiger charge is -2.12. The summed E-state index contributed by atoms with van der Waals surface area (Å²) in [5.74, 6) is 1.34. The Morgan fingerprint density at radius 3 is 2.88 bits per heavy atom. The van der Waals surface area contributed by atoms with E-state index in [2.05, 4.69) is 31.1 Å². The number of aromatic nitrogens is 1. The molecular formula is C14H24N2O. The molecule has 3 heteroatoms. The second-order valence-corrected chi connectivity index (χ2v) is 4.45. The van der Waals surface area contributed by atoms with Gasteiger partial charge in [0.25, 0.3) is 0 Å². The number of hydrogen-bond acceptors (Lipinski definition) is 3. The van der Waals surface area contributed by atoms with Crippen LogP contribution < -0.4 is 10.1 Å². The molecule has 96 valence electrons. The minimum Gasteiger partial charge on any atom is -0.477 e. The highest BCUT2D eigenvalue weighted by Gasteiger charge is 2.03. The van der Waals surface area contributed by atoms with Gasteiger partial charge in [-0.25, -0.2) is 4.98 Å². The summed E-state index contributed by atoms with van der Waals surface area (Å²) in [6, 6.07) is 5.94. The SMILES string of the molecule is CCCC(C)COc1cccc(CNCC)n1. The first-order chi connectivity index (χ1) is 8.26. The van der Waals surface area contributed by atoms with Crippen LogP contribution in [0.4, 0.5) is 0 Å². The molecular weight excluding hydrogens is 212 g/mol. The molecule has 0 spiro atoms. The zero-order valence-electron chi connectivity index (χ0n) is 11.2. The molecule has 1 atom stereocenters. The largest absolute Gasteiger partial charge is 0.477 e. The lowest BCUT2D eigenvalue weighted by atomic mass is 10.1. The van der Waals surface area contributed by atoms with Crippen LogP contribution in [0.3, 0.4) is 0 Å². The van der Waals surface area contributed by atoms with Gasteiger partial charge in [-0.3, -0.25) is 0 Å². The first-order valence-corrected chi connectivity index (χ1v) is 6.55. The molecule has 0 fully saturated rings. The third-order valence-electron chi connectivity index (χ3n) is 2.63. The van der Waals surface area contributed by atoms with Crippen molar-refractivity contribution in [1.82, 2.24) is 10.3 Å². The van der Waals surface area contributed by atoms with Crippen LogP contribution in [0.1, 0.15) is 39.3 Å². The van der Waals surface area contributed by atoms with Gasteiger partial charge in [0.15, 0.2) is 0 Å². The molecule has 1 aromatic rings. The number of nitrogens with one attached hydrogen (secondary N) is 1. The van der Waals surface area contributed by atoms with Crippen LogP contribution in [-0.2, 0) is 6.54 Å². The van der Waals surface area contributed by atoms with Crippen LogP contribution >= 0.6 is 0 Å². The first kappa shape index (κ1) is 14.0. The highest BCUT2D eigenvalue weighted by Crippen LogP contribution is 2.11. The van der Waals surface area contributed by atoms with E-state index < -0.39 is 0 Å². The Morgan fingerprint density at radius 2 is 2.18 bits per heavy atom. The number of pyridine rings is 1. The minimum absolute atomic E-state index is 0.597. The fourth-order valence-corrected chi connectivity index (χ4v) is 1.69. The fourth-order valence-electron chi connectivity index (χ4n) is 1.69. The molecule has 0 aliphatic rings. The molecule has 0 radical (unpaired) electrons. The quantitative estimate of drug-likeness (QED) is 0.753. The van der Waals surface area contributed by atoms with Gasteiger partial charge in [0.1, 0.15) is 0 Å². The number of hydrogen-bond donors (Lipinski definition) is 1. The Kier molecular flexibility index (Phi) is 6.63. The molecule has 1 N–H and O–H groups in total. The van der Waals surface area contributed by atoms with Crippen molar-refractivity contribution < 1.29 is 4.74 Å². The predicted octanol–water partition coefficient (Wildman–Crippen LogP) is 3.01. The zero-order chi connectivity index (χ0) is 12.5. The average Bonchev–Trinajstić information content (AvgIpc) is 2.35. The van der Waals surface area contributed by atoms with Gasteiger partial charge >= 0.3 is 0 Å². The predicted molar refractivity (Wildman–Crippen MR) is 71.2 cm³/mol. The minimum atomic E-state index is 0.597. The summed E-state index contributed by atoms with van der Waals surface area (Å²) >= 11 is 0. The smallest absolute Gasteiger partial charge is 0.213 e. The zero-order valence-corrected chi connectivity index (χ0v) is 11.2. The van der Waals surface area contributed by atoms with E-state index in [0.717, 1.165) is 31.3 Å². The van der Waals surface area contributed by atoms with Crippen molar-refractivity contribution in [3.05, 3.63) is 23.9 Å². The molecule has 0 amide bonds. The number of ether oxygens (including phenoxy) is 1. The summed E-state index contributed by atoms with van der Waals surface area (Å²) in [7, 11) is 0. The molecule has 3 nitrogen and oxygen atoms in total. The van der Waals surface area contributed by atoms with Crippen LogP contribution in [-0.4, -0.2) is 18.1 Å². The summed E-state index contributed by atoms with van der Waals surface area (Å²) in [6.45, 7) is 9.02. The highest BCUT2D eigenvalue weighted by atomic mass is 16.5. The summed E-state index contributed by atoms with van der Waals surface area (Å²) in [5, 5.41) is 3.26. The summed E-state index contributed by atoms with van der Waals surface area (Å²) in [4.78, 5) is 4.46. The van der Waals surface area contributed by atoms with E-state index in [4.69, 9.17) is 4.74 Å². The maximum absolute atomic E-state index is 5.70. The Hall–Kier alpha value is -1.09. The Bertz CT molecular complexity index is 315. The van der Waals surface area contributed by atoms with Gasteiger partial charge < -0.3 is 10.1 Å². The van der Waals surface area contributed by atoms with E-state index in [9.17, 15) is 0 Å². The normalized spacial score (nSPS) is 12.4. The van der Waals surface area contributed by atoms with E-state index in [1.54, 1.807) is 0 Å². The van der Waals surface area contributed by atoms with Gasteiger partial charge in [-0.2, -0.15) is 0 Å². The van der Waals surface area contributed by atoms with Crippen molar-refractivity contribution in [2.75, 3.05) is 13.2 Å². The fraction of sp³-hybridized carbons (Fsp3) is 0.643. The van der Waals surface area contributed by atoms with E-state index in [-0.39, 0.29) is 0 Å².